The van der Waals surface area contributed by atoms with Crippen LogP contribution in [-0.2, 0) is 4.74 Å². The summed E-state index contributed by atoms with van der Waals surface area (Å²) in [5, 5.41) is 2.82. The Labute approximate surface area is 107 Å². The fraction of sp³-hybridized carbons (Fsp3) is 0.364. The van der Waals surface area contributed by atoms with E-state index < -0.39 is 24.9 Å². The maximum absolute atomic E-state index is 11.8. The molecule has 1 amide bonds. The molecule has 7 heteroatoms. The van der Waals surface area contributed by atoms with Crippen molar-refractivity contribution < 1.29 is 22.7 Å². The number of halogens is 4. The van der Waals surface area contributed by atoms with Gasteiger partial charge in [-0.05, 0) is 24.6 Å². The molecule has 0 saturated carbocycles. The molecule has 0 spiro atoms. The minimum atomic E-state index is -4.53. The molecule has 18 heavy (non-hydrogen) atoms. The van der Waals surface area contributed by atoms with Crippen molar-refractivity contribution in [2.45, 2.75) is 19.1 Å². The van der Waals surface area contributed by atoms with E-state index in [0.29, 0.717) is 10.6 Å². The summed E-state index contributed by atoms with van der Waals surface area (Å²) in [5.74, 6) is 0. The molecule has 0 radical (unpaired) electrons. The van der Waals surface area contributed by atoms with Crippen molar-refractivity contribution in [2.24, 2.45) is 0 Å². The standard InChI is InChI=1S/C11H11ClF3NO2/c1-7(8-2-4-9(12)5-3-8)16-10(17)18-6-11(13,14)15/h2-5,7H,6H2,1H3,(H,16,17)/t7-/m0/s1. The van der Waals surface area contributed by atoms with Crippen LogP contribution in [0.2, 0.25) is 5.02 Å². The van der Waals surface area contributed by atoms with E-state index in [1.165, 1.54) is 0 Å². The Morgan fingerprint density at radius 1 is 1.39 bits per heavy atom. The van der Waals surface area contributed by atoms with Crippen LogP contribution in [0.1, 0.15) is 18.5 Å². The van der Waals surface area contributed by atoms with Crippen LogP contribution in [0.4, 0.5) is 18.0 Å². The van der Waals surface area contributed by atoms with Gasteiger partial charge in [0.2, 0.25) is 0 Å². The Bertz CT molecular complexity index is 406. The van der Waals surface area contributed by atoms with E-state index in [2.05, 4.69) is 10.1 Å². The summed E-state index contributed by atoms with van der Waals surface area (Å²) in [6.07, 6.45) is -5.64. The van der Waals surface area contributed by atoms with Crippen molar-refractivity contribution in [3.8, 4) is 0 Å². The second-order valence-electron chi connectivity index (χ2n) is 3.61. The van der Waals surface area contributed by atoms with Crippen LogP contribution in [0, 0.1) is 0 Å². The lowest BCUT2D eigenvalue weighted by molar-refractivity contribution is -0.160. The molecule has 0 aliphatic rings. The number of nitrogens with one attached hydrogen (secondary N) is 1. The molecule has 3 nitrogen and oxygen atoms in total. The molecule has 0 unspecified atom stereocenters. The molecule has 1 aromatic carbocycles. The van der Waals surface area contributed by atoms with Gasteiger partial charge >= 0.3 is 12.3 Å². The molecule has 0 aliphatic carbocycles. The van der Waals surface area contributed by atoms with Crippen molar-refractivity contribution in [1.82, 2.24) is 5.32 Å². The number of benzene rings is 1. The monoisotopic (exact) mass is 281 g/mol. The average molecular weight is 282 g/mol. The first-order valence-corrected chi connectivity index (χ1v) is 5.41. The van der Waals surface area contributed by atoms with Crippen molar-refractivity contribution in [3.63, 3.8) is 0 Å². The molecule has 1 atom stereocenters. The molecule has 1 N–H and O–H groups in total. The Morgan fingerprint density at radius 2 is 1.94 bits per heavy atom. The largest absolute Gasteiger partial charge is 0.440 e. The van der Waals surface area contributed by atoms with Crippen LogP contribution >= 0.6 is 11.6 Å². The summed E-state index contributed by atoms with van der Waals surface area (Å²) in [7, 11) is 0. The summed E-state index contributed by atoms with van der Waals surface area (Å²) < 4.78 is 39.4. The molecule has 0 fully saturated rings. The summed E-state index contributed by atoms with van der Waals surface area (Å²) >= 11 is 5.68. The highest BCUT2D eigenvalue weighted by atomic mass is 35.5. The van der Waals surface area contributed by atoms with Gasteiger partial charge in [-0.15, -0.1) is 0 Å². The maximum atomic E-state index is 11.8. The van der Waals surface area contributed by atoms with Crippen LogP contribution < -0.4 is 5.32 Å². The lowest BCUT2D eigenvalue weighted by Crippen LogP contribution is -2.30. The number of hydrogen-bond acceptors (Lipinski definition) is 2. The molecule has 0 aliphatic heterocycles. The smallest absolute Gasteiger partial charge is 0.422 e. The number of rotatable bonds is 3. The summed E-state index contributed by atoms with van der Waals surface area (Å²) in [6, 6.07) is 6.10. The quantitative estimate of drug-likeness (QED) is 0.917. The van der Waals surface area contributed by atoms with E-state index >= 15 is 0 Å². The third kappa shape index (κ3) is 5.27. The van der Waals surface area contributed by atoms with E-state index in [4.69, 9.17) is 11.6 Å². The van der Waals surface area contributed by atoms with Gasteiger partial charge in [0.15, 0.2) is 6.61 Å². The average Bonchev–Trinajstić information content (AvgIpc) is 2.26. The topological polar surface area (TPSA) is 38.3 Å². The van der Waals surface area contributed by atoms with Gasteiger partial charge in [0.1, 0.15) is 0 Å². The van der Waals surface area contributed by atoms with Crippen molar-refractivity contribution in [1.29, 1.82) is 0 Å². The number of alkyl halides is 3. The van der Waals surface area contributed by atoms with Gasteiger partial charge in [-0.25, -0.2) is 4.79 Å². The van der Waals surface area contributed by atoms with Crippen molar-refractivity contribution in [2.75, 3.05) is 6.61 Å². The van der Waals surface area contributed by atoms with Gasteiger partial charge < -0.3 is 10.1 Å². The summed E-state index contributed by atoms with van der Waals surface area (Å²) in [5.41, 5.74) is 0.711. The maximum Gasteiger partial charge on any atom is 0.422 e. The van der Waals surface area contributed by atoms with E-state index in [-0.39, 0.29) is 0 Å². The van der Waals surface area contributed by atoms with Gasteiger partial charge in [0.05, 0.1) is 6.04 Å². The zero-order valence-electron chi connectivity index (χ0n) is 9.42. The second kappa shape index (κ2) is 5.95. The van der Waals surface area contributed by atoms with Crippen LogP contribution in [0.25, 0.3) is 0 Å². The van der Waals surface area contributed by atoms with Gasteiger partial charge in [-0.1, -0.05) is 23.7 Å². The molecule has 0 bridgehead atoms. The molecule has 100 valence electrons. The highest BCUT2D eigenvalue weighted by molar-refractivity contribution is 6.30. The molecule has 0 aromatic heterocycles. The van der Waals surface area contributed by atoms with Crippen molar-refractivity contribution >= 4 is 17.7 Å². The Hall–Kier alpha value is -1.43. The zero-order valence-corrected chi connectivity index (χ0v) is 10.2. The minimum Gasteiger partial charge on any atom is -0.440 e. The normalized spacial score (nSPS) is 12.9. The first-order valence-electron chi connectivity index (χ1n) is 5.03. The molecule has 0 heterocycles. The molecule has 0 saturated heterocycles. The van der Waals surface area contributed by atoms with Gasteiger partial charge in [0.25, 0.3) is 0 Å². The van der Waals surface area contributed by atoms with Gasteiger partial charge in [0, 0.05) is 5.02 Å². The molecular formula is C11H11ClF3NO2. The first-order chi connectivity index (χ1) is 8.28. The Morgan fingerprint density at radius 3 is 2.44 bits per heavy atom. The van der Waals surface area contributed by atoms with Crippen LogP contribution in [0.5, 0.6) is 0 Å². The fourth-order valence-corrected chi connectivity index (χ4v) is 1.33. The SMILES string of the molecule is C[C@H](NC(=O)OCC(F)(F)F)c1ccc(Cl)cc1. The van der Waals surface area contributed by atoms with Crippen LogP contribution in [0.3, 0.4) is 0 Å². The van der Waals surface area contributed by atoms with E-state index in [0.717, 1.165) is 0 Å². The number of ether oxygens (including phenoxy) is 1. The lowest BCUT2D eigenvalue weighted by Gasteiger charge is -2.15. The van der Waals surface area contributed by atoms with Gasteiger partial charge in [-0.2, -0.15) is 13.2 Å². The number of alkyl carbamates (subject to hydrolysis) is 1. The number of carbonyl (C=O) groups is 1. The van der Waals surface area contributed by atoms with Crippen LogP contribution in [0.15, 0.2) is 24.3 Å². The fourth-order valence-electron chi connectivity index (χ4n) is 1.20. The minimum absolute atomic E-state index is 0.469. The van der Waals surface area contributed by atoms with E-state index in [1.807, 2.05) is 0 Å². The Kier molecular flexibility index (Phi) is 4.84. The second-order valence-corrected chi connectivity index (χ2v) is 4.05. The molecular weight excluding hydrogens is 271 g/mol. The van der Waals surface area contributed by atoms with Crippen LogP contribution in [-0.4, -0.2) is 18.9 Å². The molecule has 1 aromatic rings. The molecule has 1 rings (SSSR count). The van der Waals surface area contributed by atoms with Gasteiger partial charge in [-0.3, -0.25) is 0 Å². The highest BCUT2D eigenvalue weighted by Crippen LogP contribution is 2.17. The van der Waals surface area contributed by atoms with Crippen molar-refractivity contribution in [3.05, 3.63) is 34.9 Å². The third-order valence-electron chi connectivity index (χ3n) is 2.07. The highest BCUT2D eigenvalue weighted by Gasteiger charge is 2.29. The number of amides is 1. The summed E-state index contributed by atoms with van der Waals surface area (Å²) in [6.45, 7) is 0.0181. The zero-order chi connectivity index (χ0) is 13.8. The van der Waals surface area contributed by atoms with E-state index in [1.54, 1.807) is 31.2 Å². The lowest BCUT2D eigenvalue weighted by atomic mass is 10.1. The first kappa shape index (κ1) is 14.6. The predicted molar refractivity (Wildman–Crippen MR) is 60.4 cm³/mol. The number of carbonyl (C=O) groups excluding carboxylic acids is 1. The Balaban J connectivity index is 2.47. The third-order valence-corrected chi connectivity index (χ3v) is 2.32. The number of hydrogen-bond donors (Lipinski definition) is 1. The predicted octanol–water partition coefficient (Wildman–Crippen LogP) is 3.69. The summed E-state index contributed by atoms with van der Waals surface area (Å²) in [4.78, 5) is 11.1. The van der Waals surface area contributed by atoms with E-state index in [9.17, 15) is 18.0 Å².